The average Bonchev–Trinajstić information content (AvgIpc) is 2.75. The van der Waals surface area contributed by atoms with Gasteiger partial charge in [0.1, 0.15) is 12.4 Å². The van der Waals surface area contributed by atoms with Crippen LogP contribution in [0.5, 0.6) is 11.5 Å². The third kappa shape index (κ3) is 5.56. The fourth-order valence-corrected chi connectivity index (χ4v) is 3.41. The first kappa shape index (κ1) is 21.3. The van der Waals surface area contributed by atoms with E-state index in [2.05, 4.69) is 21.2 Å². The summed E-state index contributed by atoms with van der Waals surface area (Å²) < 4.78 is 26.2. The molecule has 0 bridgehead atoms. The number of benzene rings is 3. The molecule has 3 aromatic rings. The van der Waals surface area contributed by atoms with Crippen molar-refractivity contribution in [2.75, 3.05) is 13.7 Å². The molecule has 4 nitrogen and oxygen atoms in total. The molecule has 0 heterocycles. The Kier molecular flexibility index (Phi) is 7.63. The van der Waals surface area contributed by atoms with E-state index in [9.17, 15) is 9.50 Å². The Balaban J connectivity index is 1.72. The maximum atomic E-state index is 13.9. The quantitative estimate of drug-likeness (QED) is 0.472. The highest BCUT2D eigenvalue weighted by molar-refractivity contribution is 9.10. The summed E-state index contributed by atoms with van der Waals surface area (Å²) in [6.07, 6.45) is -0.622. The van der Waals surface area contributed by atoms with Crippen LogP contribution in [0.25, 0.3) is 0 Å². The molecular weight excluding hydrogens is 437 g/mol. The standard InChI is InChI=1S/C23H23BrFNO3/c1-28-22-12-11-19(24)18(13-26-14-21(27)16-7-3-2-4-8-16)23(22)29-15-17-9-5-6-10-20(17)25/h2-12,21,26-27H,13-15H2,1H3. The van der Waals surface area contributed by atoms with Gasteiger partial charge in [0.25, 0.3) is 0 Å². The first-order valence-electron chi connectivity index (χ1n) is 9.25. The summed E-state index contributed by atoms with van der Waals surface area (Å²) in [6, 6.07) is 19.7. The zero-order valence-electron chi connectivity index (χ0n) is 16.1. The van der Waals surface area contributed by atoms with Crippen molar-refractivity contribution < 1.29 is 19.0 Å². The number of aliphatic hydroxyl groups is 1. The van der Waals surface area contributed by atoms with Crippen molar-refractivity contribution in [3.63, 3.8) is 0 Å². The summed E-state index contributed by atoms with van der Waals surface area (Å²) >= 11 is 3.55. The monoisotopic (exact) mass is 459 g/mol. The van der Waals surface area contributed by atoms with Gasteiger partial charge in [0.15, 0.2) is 11.5 Å². The Morgan fingerprint density at radius 3 is 2.48 bits per heavy atom. The van der Waals surface area contributed by atoms with Crippen molar-refractivity contribution in [3.05, 3.63) is 93.7 Å². The summed E-state index contributed by atoms with van der Waals surface area (Å²) in [5, 5.41) is 13.6. The number of rotatable bonds is 9. The normalized spacial score (nSPS) is 11.9. The van der Waals surface area contributed by atoms with Gasteiger partial charge in [-0.05, 0) is 23.8 Å². The molecule has 3 rings (SSSR count). The van der Waals surface area contributed by atoms with Gasteiger partial charge in [-0.15, -0.1) is 0 Å². The lowest BCUT2D eigenvalue weighted by Gasteiger charge is -2.18. The van der Waals surface area contributed by atoms with Gasteiger partial charge in [0.05, 0.1) is 13.2 Å². The summed E-state index contributed by atoms with van der Waals surface area (Å²) in [4.78, 5) is 0. The van der Waals surface area contributed by atoms with Gasteiger partial charge in [-0.1, -0.05) is 64.5 Å². The second-order valence-corrected chi connectivity index (χ2v) is 7.35. The smallest absolute Gasteiger partial charge is 0.167 e. The highest BCUT2D eigenvalue weighted by Gasteiger charge is 2.16. The van der Waals surface area contributed by atoms with E-state index in [-0.39, 0.29) is 12.4 Å². The molecule has 0 aliphatic rings. The summed E-state index contributed by atoms with van der Waals surface area (Å²) in [6.45, 7) is 0.897. The second-order valence-electron chi connectivity index (χ2n) is 6.49. The van der Waals surface area contributed by atoms with E-state index in [1.54, 1.807) is 31.4 Å². The number of aliphatic hydroxyl groups excluding tert-OH is 1. The molecule has 1 atom stereocenters. The Bertz CT molecular complexity index is 937. The lowest BCUT2D eigenvalue weighted by atomic mass is 10.1. The van der Waals surface area contributed by atoms with Gasteiger partial charge in [-0.3, -0.25) is 0 Å². The number of halogens is 2. The zero-order valence-corrected chi connectivity index (χ0v) is 17.7. The molecule has 0 aromatic heterocycles. The maximum Gasteiger partial charge on any atom is 0.167 e. The minimum atomic E-state index is -0.622. The molecule has 1 unspecified atom stereocenters. The van der Waals surface area contributed by atoms with Crippen molar-refractivity contribution in [1.82, 2.24) is 5.32 Å². The van der Waals surface area contributed by atoms with Crippen molar-refractivity contribution in [1.29, 1.82) is 0 Å². The van der Waals surface area contributed by atoms with Crippen LogP contribution in [-0.4, -0.2) is 18.8 Å². The Hall–Kier alpha value is -2.41. The number of methoxy groups -OCH3 is 1. The van der Waals surface area contributed by atoms with Crippen LogP contribution in [0.4, 0.5) is 4.39 Å². The average molecular weight is 460 g/mol. The first-order valence-corrected chi connectivity index (χ1v) is 10.0. The molecule has 0 radical (unpaired) electrons. The molecule has 29 heavy (non-hydrogen) atoms. The molecule has 0 saturated carbocycles. The van der Waals surface area contributed by atoms with Crippen molar-refractivity contribution in [2.24, 2.45) is 0 Å². The molecule has 0 spiro atoms. The van der Waals surface area contributed by atoms with Gasteiger partial charge >= 0.3 is 0 Å². The predicted octanol–water partition coefficient (Wildman–Crippen LogP) is 5.00. The molecular formula is C23H23BrFNO3. The molecule has 0 fully saturated rings. The van der Waals surface area contributed by atoms with Crippen LogP contribution in [0.1, 0.15) is 22.8 Å². The van der Waals surface area contributed by atoms with E-state index < -0.39 is 6.10 Å². The lowest BCUT2D eigenvalue weighted by molar-refractivity contribution is 0.174. The van der Waals surface area contributed by atoms with Crippen LogP contribution < -0.4 is 14.8 Å². The van der Waals surface area contributed by atoms with E-state index in [1.807, 2.05) is 36.4 Å². The fraction of sp³-hybridized carbons (Fsp3) is 0.217. The van der Waals surface area contributed by atoms with Crippen LogP contribution >= 0.6 is 15.9 Å². The SMILES string of the molecule is COc1ccc(Br)c(CNCC(O)c2ccccc2)c1OCc1ccccc1F. The molecule has 3 aromatic carbocycles. The zero-order chi connectivity index (χ0) is 20.6. The van der Waals surface area contributed by atoms with Gasteiger partial charge in [0, 0.05) is 28.7 Å². The molecule has 0 aliphatic carbocycles. The molecule has 2 N–H and O–H groups in total. The topological polar surface area (TPSA) is 50.7 Å². The van der Waals surface area contributed by atoms with E-state index in [0.29, 0.717) is 30.2 Å². The van der Waals surface area contributed by atoms with E-state index in [1.165, 1.54) is 6.07 Å². The van der Waals surface area contributed by atoms with Crippen molar-refractivity contribution in [3.8, 4) is 11.5 Å². The van der Waals surface area contributed by atoms with Gasteiger partial charge in [-0.25, -0.2) is 4.39 Å². The predicted molar refractivity (Wildman–Crippen MR) is 115 cm³/mol. The first-order chi connectivity index (χ1) is 14.1. The van der Waals surface area contributed by atoms with Crippen LogP contribution in [0.3, 0.4) is 0 Å². The second kappa shape index (κ2) is 10.4. The van der Waals surface area contributed by atoms with E-state index in [4.69, 9.17) is 9.47 Å². The number of hydrogen-bond acceptors (Lipinski definition) is 4. The molecule has 6 heteroatoms. The van der Waals surface area contributed by atoms with Crippen LogP contribution in [0, 0.1) is 5.82 Å². The van der Waals surface area contributed by atoms with Gasteiger partial charge in [-0.2, -0.15) is 0 Å². The number of hydrogen-bond donors (Lipinski definition) is 2. The highest BCUT2D eigenvalue weighted by Crippen LogP contribution is 2.37. The van der Waals surface area contributed by atoms with E-state index >= 15 is 0 Å². The Labute approximate surface area is 178 Å². The molecule has 0 aliphatic heterocycles. The highest BCUT2D eigenvalue weighted by atomic mass is 79.9. The lowest BCUT2D eigenvalue weighted by Crippen LogP contribution is -2.21. The van der Waals surface area contributed by atoms with Crippen LogP contribution in [-0.2, 0) is 13.2 Å². The largest absolute Gasteiger partial charge is 0.493 e. The third-order valence-electron chi connectivity index (χ3n) is 4.54. The minimum absolute atomic E-state index is 0.0825. The molecule has 0 amide bonds. The number of ether oxygens (including phenoxy) is 2. The summed E-state index contributed by atoms with van der Waals surface area (Å²) in [5.41, 5.74) is 2.15. The Morgan fingerprint density at radius 2 is 1.76 bits per heavy atom. The Morgan fingerprint density at radius 1 is 1.03 bits per heavy atom. The van der Waals surface area contributed by atoms with Gasteiger partial charge < -0.3 is 19.9 Å². The third-order valence-corrected chi connectivity index (χ3v) is 5.28. The van der Waals surface area contributed by atoms with E-state index in [0.717, 1.165) is 15.6 Å². The van der Waals surface area contributed by atoms with Crippen molar-refractivity contribution >= 4 is 15.9 Å². The van der Waals surface area contributed by atoms with Crippen LogP contribution in [0.2, 0.25) is 0 Å². The molecule has 152 valence electrons. The fourth-order valence-electron chi connectivity index (χ4n) is 2.96. The van der Waals surface area contributed by atoms with Crippen LogP contribution in [0.15, 0.2) is 71.2 Å². The maximum absolute atomic E-state index is 13.9. The number of nitrogens with one attached hydrogen (secondary N) is 1. The summed E-state index contributed by atoms with van der Waals surface area (Å²) in [5.74, 6) is 0.781. The summed E-state index contributed by atoms with van der Waals surface area (Å²) in [7, 11) is 1.57. The minimum Gasteiger partial charge on any atom is -0.493 e. The van der Waals surface area contributed by atoms with Gasteiger partial charge in [0.2, 0.25) is 0 Å². The van der Waals surface area contributed by atoms with Crippen molar-refractivity contribution in [2.45, 2.75) is 19.3 Å². The molecule has 0 saturated heterocycles.